The summed E-state index contributed by atoms with van der Waals surface area (Å²) in [5, 5.41) is 19.2. The fourth-order valence-corrected chi connectivity index (χ4v) is 1.47. The van der Waals surface area contributed by atoms with E-state index in [0.29, 0.717) is 5.75 Å². The van der Waals surface area contributed by atoms with Crippen molar-refractivity contribution in [2.75, 3.05) is 7.11 Å². The van der Waals surface area contributed by atoms with Gasteiger partial charge in [-0.15, -0.1) is 0 Å². The van der Waals surface area contributed by atoms with E-state index in [-0.39, 0.29) is 22.7 Å². The first-order valence-corrected chi connectivity index (χ1v) is 4.35. The molecule has 0 saturated heterocycles. The van der Waals surface area contributed by atoms with Crippen LogP contribution in [0.5, 0.6) is 5.75 Å². The van der Waals surface area contributed by atoms with E-state index in [9.17, 15) is 10.1 Å². The van der Waals surface area contributed by atoms with Crippen molar-refractivity contribution in [1.29, 1.82) is 5.26 Å². The number of methoxy groups -OCH3 is 1. The van der Waals surface area contributed by atoms with Gasteiger partial charge in [-0.2, -0.15) is 5.26 Å². The van der Waals surface area contributed by atoms with E-state index < -0.39 is 4.92 Å². The Morgan fingerprint density at radius 3 is 2.80 bits per heavy atom. The molecule has 0 spiro atoms. The largest absolute Gasteiger partial charge is 0.497 e. The van der Waals surface area contributed by atoms with Gasteiger partial charge in [0, 0.05) is 11.6 Å². The molecule has 0 aliphatic heterocycles. The molecule has 6 heteroatoms. The fraction of sp³-hybridized carbons (Fsp3) is 0.222. The molecule has 1 rings (SSSR count). The first kappa shape index (κ1) is 11.3. The molecule has 0 aromatic heterocycles. The van der Waals surface area contributed by atoms with Crippen molar-refractivity contribution in [2.24, 2.45) is 0 Å². The summed E-state index contributed by atoms with van der Waals surface area (Å²) < 4.78 is 4.90. The number of nitrogens with zero attached hydrogens (tertiary/aromatic N) is 2. The number of rotatable bonds is 3. The van der Waals surface area contributed by atoms with Crippen molar-refractivity contribution < 1.29 is 9.66 Å². The van der Waals surface area contributed by atoms with Crippen LogP contribution < -0.4 is 4.74 Å². The van der Waals surface area contributed by atoms with Crippen molar-refractivity contribution in [3.63, 3.8) is 0 Å². The van der Waals surface area contributed by atoms with E-state index >= 15 is 0 Å². The molecule has 0 atom stereocenters. The van der Waals surface area contributed by atoms with Crippen molar-refractivity contribution in [3.8, 4) is 11.8 Å². The van der Waals surface area contributed by atoms with Crippen LogP contribution in [0, 0.1) is 21.4 Å². The van der Waals surface area contributed by atoms with Gasteiger partial charge in [-0.25, -0.2) is 0 Å². The summed E-state index contributed by atoms with van der Waals surface area (Å²) in [5.41, 5.74) is 0.0193. The van der Waals surface area contributed by atoms with Gasteiger partial charge in [0.2, 0.25) is 0 Å². The standard InChI is InChI=1S/C9H7ClN2O3/c1-15-7-4-6(2-3-11)9(12(13)14)8(10)5-7/h4-5H,2H2,1H3. The predicted octanol–water partition coefficient (Wildman–Crippen LogP) is 2.32. The van der Waals surface area contributed by atoms with Crippen LogP contribution in [0.1, 0.15) is 5.56 Å². The van der Waals surface area contributed by atoms with Crippen LogP contribution >= 0.6 is 11.6 Å². The molecule has 78 valence electrons. The molecule has 15 heavy (non-hydrogen) atoms. The number of ether oxygens (including phenoxy) is 1. The number of hydrogen-bond donors (Lipinski definition) is 0. The minimum Gasteiger partial charge on any atom is -0.497 e. The minimum atomic E-state index is -0.603. The summed E-state index contributed by atoms with van der Waals surface area (Å²) >= 11 is 5.71. The van der Waals surface area contributed by atoms with Gasteiger partial charge in [-0.3, -0.25) is 10.1 Å². The number of halogens is 1. The second kappa shape index (κ2) is 4.62. The van der Waals surface area contributed by atoms with E-state index in [1.165, 1.54) is 19.2 Å². The van der Waals surface area contributed by atoms with Crippen LogP contribution in [0.4, 0.5) is 5.69 Å². The van der Waals surface area contributed by atoms with Crippen molar-refractivity contribution in [1.82, 2.24) is 0 Å². The first-order chi connectivity index (χ1) is 7.10. The lowest BCUT2D eigenvalue weighted by molar-refractivity contribution is -0.385. The van der Waals surface area contributed by atoms with Gasteiger partial charge in [0.05, 0.1) is 24.5 Å². The van der Waals surface area contributed by atoms with Crippen LogP contribution in [0.25, 0.3) is 0 Å². The van der Waals surface area contributed by atoms with Gasteiger partial charge in [-0.1, -0.05) is 11.6 Å². The Hall–Kier alpha value is -1.80. The van der Waals surface area contributed by atoms with Crippen LogP contribution in [0.2, 0.25) is 5.02 Å². The average molecular weight is 227 g/mol. The number of nitro groups is 1. The van der Waals surface area contributed by atoms with Gasteiger partial charge >= 0.3 is 0 Å². The zero-order valence-corrected chi connectivity index (χ0v) is 8.61. The minimum absolute atomic E-state index is 0.0235. The quantitative estimate of drug-likeness (QED) is 0.585. The number of benzene rings is 1. The van der Waals surface area contributed by atoms with E-state index in [0.717, 1.165) is 0 Å². The second-order valence-electron chi connectivity index (χ2n) is 2.71. The molecular formula is C9H7ClN2O3. The lowest BCUT2D eigenvalue weighted by Gasteiger charge is -2.04. The predicted molar refractivity (Wildman–Crippen MR) is 54.0 cm³/mol. The van der Waals surface area contributed by atoms with Crippen LogP contribution in [0.3, 0.4) is 0 Å². The van der Waals surface area contributed by atoms with Crippen molar-refractivity contribution >= 4 is 17.3 Å². The highest BCUT2D eigenvalue weighted by atomic mass is 35.5. The molecule has 0 bridgehead atoms. The third kappa shape index (κ3) is 2.36. The molecule has 0 radical (unpaired) electrons. The maximum absolute atomic E-state index is 10.7. The van der Waals surface area contributed by atoms with Gasteiger partial charge in [0.1, 0.15) is 10.8 Å². The Morgan fingerprint density at radius 1 is 1.67 bits per heavy atom. The molecule has 0 aliphatic rings. The SMILES string of the molecule is COc1cc(Cl)c([N+](=O)[O-])c(CC#N)c1. The monoisotopic (exact) mass is 226 g/mol. The molecule has 0 amide bonds. The Morgan fingerprint density at radius 2 is 2.33 bits per heavy atom. The lowest BCUT2D eigenvalue weighted by Crippen LogP contribution is -1.97. The molecule has 0 fully saturated rings. The molecule has 0 aliphatic carbocycles. The Bertz CT molecular complexity index is 440. The second-order valence-corrected chi connectivity index (χ2v) is 3.12. The van der Waals surface area contributed by atoms with E-state index in [4.69, 9.17) is 21.6 Å². The van der Waals surface area contributed by atoms with E-state index in [1.54, 1.807) is 0 Å². The van der Waals surface area contributed by atoms with Gasteiger partial charge < -0.3 is 4.74 Å². The molecule has 0 unspecified atom stereocenters. The summed E-state index contributed by atoms with van der Waals surface area (Å²) in [6.45, 7) is 0. The summed E-state index contributed by atoms with van der Waals surface area (Å²) in [5.74, 6) is 0.399. The third-order valence-corrected chi connectivity index (χ3v) is 2.09. The lowest BCUT2D eigenvalue weighted by atomic mass is 10.1. The summed E-state index contributed by atoms with van der Waals surface area (Å²) in [6, 6.07) is 4.62. The zero-order valence-electron chi connectivity index (χ0n) is 7.86. The third-order valence-electron chi connectivity index (χ3n) is 1.80. The molecule has 0 saturated carbocycles. The van der Waals surface area contributed by atoms with Crippen molar-refractivity contribution in [2.45, 2.75) is 6.42 Å². The fourth-order valence-electron chi connectivity index (χ4n) is 1.17. The highest BCUT2D eigenvalue weighted by Gasteiger charge is 2.20. The highest BCUT2D eigenvalue weighted by Crippen LogP contribution is 2.33. The number of nitriles is 1. The molecule has 0 heterocycles. The van der Waals surface area contributed by atoms with Crippen LogP contribution in [0.15, 0.2) is 12.1 Å². The van der Waals surface area contributed by atoms with E-state index in [1.807, 2.05) is 6.07 Å². The van der Waals surface area contributed by atoms with Crippen LogP contribution in [-0.4, -0.2) is 12.0 Å². The van der Waals surface area contributed by atoms with Gasteiger partial charge in [-0.05, 0) is 6.07 Å². The summed E-state index contributed by atoms with van der Waals surface area (Å²) in [7, 11) is 1.42. The van der Waals surface area contributed by atoms with Gasteiger partial charge in [0.15, 0.2) is 0 Å². The highest BCUT2D eigenvalue weighted by molar-refractivity contribution is 6.33. The number of nitro benzene ring substituents is 1. The Balaban J connectivity index is 3.36. The van der Waals surface area contributed by atoms with Crippen LogP contribution in [-0.2, 0) is 6.42 Å². The maximum Gasteiger partial charge on any atom is 0.292 e. The van der Waals surface area contributed by atoms with Gasteiger partial charge in [0.25, 0.3) is 5.69 Å². The van der Waals surface area contributed by atoms with E-state index in [2.05, 4.69) is 0 Å². The maximum atomic E-state index is 10.7. The molecule has 1 aromatic carbocycles. The first-order valence-electron chi connectivity index (χ1n) is 3.98. The number of hydrogen-bond acceptors (Lipinski definition) is 4. The zero-order chi connectivity index (χ0) is 11.4. The summed E-state index contributed by atoms with van der Waals surface area (Å²) in [6.07, 6.45) is -0.0762. The Labute approximate surface area is 91.0 Å². The normalized spacial score (nSPS) is 9.40. The molecular weight excluding hydrogens is 220 g/mol. The molecule has 5 nitrogen and oxygen atoms in total. The molecule has 1 aromatic rings. The Kier molecular flexibility index (Phi) is 3.47. The summed E-state index contributed by atoms with van der Waals surface area (Å²) in [4.78, 5) is 10.1. The average Bonchev–Trinajstić information content (AvgIpc) is 2.16. The smallest absolute Gasteiger partial charge is 0.292 e. The topological polar surface area (TPSA) is 76.2 Å². The van der Waals surface area contributed by atoms with Crippen molar-refractivity contribution in [3.05, 3.63) is 32.8 Å². The molecule has 0 N–H and O–H groups in total.